The van der Waals surface area contributed by atoms with E-state index in [0.29, 0.717) is 22.3 Å². The highest BCUT2D eigenvalue weighted by molar-refractivity contribution is 8.26. The molecule has 1 heterocycles. The van der Waals surface area contributed by atoms with E-state index in [1.54, 1.807) is 6.08 Å². The van der Waals surface area contributed by atoms with Crippen molar-refractivity contribution in [2.75, 3.05) is 0 Å². The number of carbonyl (C=O) groups excluding carboxylic acids is 2. The summed E-state index contributed by atoms with van der Waals surface area (Å²) < 4.78 is 6.14. The van der Waals surface area contributed by atoms with Gasteiger partial charge in [0.15, 0.2) is 4.32 Å². The number of benzene rings is 3. The third-order valence-electron chi connectivity index (χ3n) is 4.71. The van der Waals surface area contributed by atoms with Crippen molar-refractivity contribution in [2.45, 2.75) is 13.0 Å². The van der Waals surface area contributed by atoms with Crippen LogP contribution >= 0.6 is 35.6 Å². The highest BCUT2D eigenvalue weighted by Gasteiger charge is 2.33. The molecule has 1 saturated heterocycles. The second-order valence-electron chi connectivity index (χ2n) is 7.20. The van der Waals surface area contributed by atoms with Gasteiger partial charge in [0, 0.05) is 5.02 Å². The van der Waals surface area contributed by atoms with E-state index in [2.05, 4.69) is 5.43 Å². The van der Waals surface area contributed by atoms with Crippen LogP contribution in [0, 0.1) is 0 Å². The van der Waals surface area contributed by atoms with E-state index >= 15 is 0 Å². The smallest absolute Gasteiger partial charge is 0.285 e. The summed E-state index contributed by atoms with van der Waals surface area (Å²) in [6.45, 7) is 0.399. The van der Waals surface area contributed by atoms with Crippen LogP contribution in [0.4, 0.5) is 0 Å². The van der Waals surface area contributed by atoms with Crippen LogP contribution in [0.1, 0.15) is 16.7 Å². The van der Waals surface area contributed by atoms with Gasteiger partial charge >= 0.3 is 0 Å². The molecule has 0 radical (unpaired) electrons. The number of thiocarbonyl (C=S) groups is 1. The maximum absolute atomic E-state index is 12.8. The van der Waals surface area contributed by atoms with Crippen LogP contribution in [0.2, 0.25) is 5.02 Å². The fraction of sp³-hybridized carbons (Fsp3) is 0.0800. The van der Waals surface area contributed by atoms with E-state index in [0.717, 1.165) is 33.5 Å². The first-order chi connectivity index (χ1) is 16.0. The van der Waals surface area contributed by atoms with Crippen LogP contribution < -0.4 is 10.2 Å². The van der Waals surface area contributed by atoms with Gasteiger partial charge < -0.3 is 4.74 Å². The number of amides is 2. The maximum Gasteiger partial charge on any atom is 0.285 e. The summed E-state index contributed by atoms with van der Waals surface area (Å²) in [5.74, 6) is 0.000543. The van der Waals surface area contributed by atoms with Crippen molar-refractivity contribution in [1.82, 2.24) is 10.4 Å². The number of nitrogens with one attached hydrogen (secondary N) is 1. The van der Waals surface area contributed by atoms with Crippen LogP contribution in [-0.4, -0.2) is 21.1 Å². The normalized spacial score (nSPS) is 14.6. The number of hydrazine groups is 1. The lowest BCUT2D eigenvalue weighted by atomic mass is 10.1. The van der Waals surface area contributed by atoms with Gasteiger partial charge in [-0.1, -0.05) is 78.0 Å². The van der Waals surface area contributed by atoms with E-state index in [1.165, 1.54) is 0 Å². The van der Waals surface area contributed by atoms with Crippen molar-refractivity contribution < 1.29 is 14.3 Å². The van der Waals surface area contributed by atoms with Crippen molar-refractivity contribution >= 4 is 57.8 Å². The van der Waals surface area contributed by atoms with Gasteiger partial charge in [-0.3, -0.25) is 15.0 Å². The molecule has 4 rings (SSSR count). The average Bonchev–Trinajstić information content (AvgIpc) is 3.07. The van der Waals surface area contributed by atoms with E-state index in [9.17, 15) is 9.59 Å². The summed E-state index contributed by atoms with van der Waals surface area (Å²) in [5, 5.41) is 1.80. The number of ether oxygens (including phenoxy) is 1. The Morgan fingerprint density at radius 3 is 2.55 bits per heavy atom. The van der Waals surface area contributed by atoms with Crippen molar-refractivity contribution in [3.05, 3.63) is 105 Å². The average molecular weight is 495 g/mol. The quantitative estimate of drug-likeness (QED) is 0.352. The Bertz CT molecular complexity index is 1210. The second kappa shape index (κ2) is 10.7. The molecule has 1 fully saturated rings. The van der Waals surface area contributed by atoms with Crippen LogP contribution in [0.3, 0.4) is 0 Å². The Morgan fingerprint density at radius 2 is 1.79 bits per heavy atom. The lowest BCUT2D eigenvalue weighted by Crippen LogP contribution is -2.45. The largest absolute Gasteiger partial charge is 0.489 e. The van der Waals surface area contributed by atoms with Crippen molar-refractivity contribution in [2.24, 2.45) is 0 Å². The van der Waals surface area contributed by atoms with E-state index in [1.807, 2.05) is 78.9 Å². The van der Waals surface area contributed by atoms with E-state index in [-0.39, 0.29) is 22.6 Å². The van der Waals surface area contributed by atoms with Gasteiger partial charge in [-0.05, 0) is 59.2 Å². The topological polar surface area (TPSA) is 58.6 Å². The van der Waals surface area contributed by atoms with Crippen molar-refractivity contribution in [3.63, 3.8) is 0 Å². The van der Waals surface area contributed by atoms with Crippen LogP contribution in [-0.2, 0) is 22.6 Å². The Balaban J connectivity index is 1.40. The molecular weight excluding hydrogens is 476 g/mol. The zero-order chi connectivity index (χ0) is 23.2. The molecule has 0 spiro atoms. The fourth-order valence-corrected chi connectivity index (χ4v) is 4.41. The molecule has 1 N–H and O–H groups in total. The first kappa shape index (κ1) is 23.0. The minimum absolute atomic E-state index is 0.157. The summed E-state index contributed by atoms with van der Waals surface area (Å²) in [4.78, 5) is 25.6. The van der Waals surface area contributed by atoms with E-state index in [4.69, 9.17) is 28.6 Å². The molecule has 33 heavy (non-hydrogen) atoms. The summed E-state index contributed by atoms with van der Waals surface area (Å²) in [5.41, 5.74) is 5.25. The molecule has 0 aromatic heterocycles. The molecule has 2 amide bonds. The number of thioether (sulfide) groups is 1. The minimum Gasteiger partial charge on any atom is -0.489 e. The first-order valence-corrected chi connectivity index (χ1v) is 11.7. The maximum atomic E-state index is 12.8. The molecule has 0 unspecified atom stereocenters. The number of nitrogens with zero attached hydrogens (tertiary/aromatic N) is 1. The molecule has 3 aromatic carbocycles. The van der Waals surface area contributed by atoms with Gasteiger partial charge in [-0.15, -0.1) is 0 Å². The van der Waals surface area contributed by atoms with Crippen LogP contribution in [0.25, 0.3) is 6.08 Å². The number of carbonyl (C=O) groups is 2. The number of rotatable bonds is 7. The molecule has 1 aliphatic heterocycles. The van der Waals surface area contributed by atoms with Gasteiger partial charge in [0.05, 0.1) is 11.3 Å². The number of halogens is 1. The standard InChI is InChI=1S/C25H19ClN2O3S2/c26-20-11-9-18(10-12-20)16-31-21-8-4-7-19(13-21)14-22-24(30)28(25(32)33-22)27-23(29)15-17-5-2-1-3-6-17/h1-14H,15-16H2,(H,27,29)/b22-14-. The lowest BCUT2D eigenvalue weighted by molar-refractivity contribution is -0.132. The summed E-state index contributed by atoms with van der Waals surface area (Å²) in [7, 11) is 0. The molecule has 1 aliphatic rings. The van der Waals surface area contributed by atoms with Crippen molar-refractivity contribution in [3.8, 4) is 5.75 Å². The predicted molar refractivity (Wildman–Crippen MR) is 136 cm³/mol. The van der Waals surface area contributed by atoms with Gasteiger partial charge in [-0.2, -0.15) is 5.01 Å². The molecule has 8 heteroatoms. The van der Waals surface area contributed by atoms with Gasteiger partial charge in [0.2, 0.25) is 5.91 Å². The molecule has 0 aliphatic carbocycles. The highest BCUT2D eigenvalue weighted by atomic mass is 35.5. The summed E-state index contributed by atoms with van der Waals surface area (Å²) in [6, 6.07) is 24.2. The Morgan fingerprint density at radius 1 is 1.03 bits per heavy atom. The first-order valence-electron chi connectivity index (χ1n) is 10.1. The van der Waals surface area contributed by atoms with Crippen LogP contribution in [0.15, 0.2) is 83.8 Å². The zero-order valence-electron chi connectivity index (χ0n) is 17.4. The minimum atomic E-state index is -0.362. The van der Waals surface area contributed by atoms with Gasteiger partial charge in [-0.25, -0.2) is 0 Å². The second-order valence-corrected chi connectivity index (χ2v) is 9.31. The fourth-order valence-electron chi connectivity index (χ4n) is 3.10. The Kier molecular flexibility index (Phi) is 7.44. The Hall–Kier alpha value is -3.13. The third-order valence-corrected chi connectivity index (χ3v) is 6.27. The molecule has 5 nitrogen and oxygen atoms in total. The molecule has 0 atom stereocenters. The molecule has 0 saturated carbocycles. The highest BCUT2D eigenvalue weighted by Crippen LogP contribution is 2.32. The number of hydrogen-bond donors (Lipinski definition) is 1. The van der Waals surface area contributed by atoms with Gasteiger partial charge in [0.1, 0.15) is 12.4 Å². The van der Waals surface area contributed by atoms with Gasteiger partial charge in [0.25, 0.3) is 5.91 Å². The molecule has 0 bridgehead atoms. The molecule has 3 aromatic rings. The molecule has 166 valence electrons. The summed E-state index contributed by atoms with van der Waals surface area (Å²) >= 11 is 12.4. The SMILES string of the molecule is O=C(Cc1ccccc1)NN1C(=O)/C(=C/c2cccc(OCc3ccc(Cl)cc3)c2)SC1=S. The predicted octanol–water partition coefficient (Wildman–Crippen LogP) is 5.39. The summed E-state index contributed by atoms with van der Waals surface area (Å²) in [6.07, 6.45) is 1.89. The Labute approximate surface area is 206 Å². The zero-order valence-corrected chi connectivity index (χ0v) is 19.8. The van der Waals surface area contributed by atoms with Crippen LogP contribution in [0.5, 0.6) is 5.75 Å². The lowest BCUT2D eigenvalue weighted by Gasteiger charge is -2.15. The number of hydrogen-bond acceptors (Lipinski definition) is 5. The van der Waals surface area contributed by atoms with E-state index < -0.39 is 0 Å². The van der Waals surface area contributed by atoms with Crippen molar-refractivity contribution in [1.29, 1.82) is 0 Å². The third kappa shape index (κ3) is 6.22. The monoisotopic (exact) mass is 494 g/mol. The molecular formula is C25H19ClN2O3S2.